The van der Waals surface area contributed by atoms with E-state index in [0.29, 0.717) is 6.61 Å². The second-order valence-electron chi connectivity index (χ2n) is 4.89. The highest BCUT2D eigenvalue weighted by Crippen LogP contribution is 2.51. The maximum Gasteiger partial charge on any atom is 0.319 e. The summed E-state index contributed by atoms with van der Waals surface area (Å²) in [6.07, 6.45) is 2.82. The summed E-state index contributed by atoms with van der Waals surface area (Å²) in [6.45, 7) is 2.84. The van der Waals surface area contributed by atoms with Crippen LogP contribution in [0.25, 0.3) is 0 Å². The molecule has 1 saturated carbocycles. The SMILES string of the molecule is CCCCO[C@@H]1C[C@]1(C(=O)OC)c1ccc(I)cc1. The van der Waals surface area contributed by atoms with Gasteiger partial charge in [0.1, 0.15) is 5.41 Å². The quantitative estimate of drug-likeness (QED) is 0.436. The highest BCUT2D eigenvalue weighted by Gasteiger charge is 2.63. The van der Waals surface area contributed by atoms with Gasteiger partial charge < -0.3 is 9.47 Å². The highest BCUT2D eigenvalue weighted by atomic mass is 127. The Morgan fingerprint density at radius 3 is 2.68 bits per heavy atom. The number of esters is 1. The van der Waals surface area contributed by atoms with Gasteiger partial charge in [-0.2, -0.15) is 0 Å². The van der Waals surface area contributed by atoms with Crippen molar-refractivity contribution in [1.82, 2.24) is 0 Å². The van der Waals surface area contributed by atoms with Crippen LogP contribution in [0.5, 0.6) is 0 Å². The molecule has 1 fully saturated rings. The van der Waals surface area contributed by atoms with Crippen molar-refractivity contribution in [3.63, 3.8) is 0 Å². The summed E-state index contributed by atoms with van der Waals surface area (Å²) >= 11 is 2.26. The van der Waals surface area contributed by atoms with Gasteiger partial charge >= 0.3 is 5.97 Å². The topological polar surface area (TPSA) is 35.5 Å². The Morgan fingerprint density at radius 1 is 1.42 bits per heavy atom. The summed E-state index contributed by atoms with van der Waals surface area (Å²) in [5, 5.41) is 0. The molecule has 3 nitrogen and oxygen atoms in total. The number of methoxy groups -OCH3 is 1. The first-order valence-electron chi connectivity index (χ1n) is 6.61. The Kier molecular flexibility index (Phi) is 4.84. The molecule has 0 radical (unpaired) electrons. The summed E-state index contributed by atoms with van der Waals surface area (Å²) in [4.78, 5) is 12.1. The second-order valence-corrected chi connectivity index (χ2v) is 6.13. The molecule has 2 atom stereocenters. The summed E-state index contributed by atoms with van der Waals surface area (Å²) in [7, 11) is 1.44. The van der Waals surface area contributed by atoms with Crippen LogP contribution in [0.2, 0.25) is 0 Å². The van der Waals surface area contributed by atoms with Crippen molar-refractivity contribution in [2.45, 2.75) is 37.7 Å². The molecule has 2 rings (SSSR count). The van der Waals surface area contributed by atoms with Gasteiger partial charge in [-0.25, -0.2) is 0 Å². The molecule has 1 aromatic carbocycles. The molecule has 0 N–H and O–H groups in total. The van der Waals surface area contributed by atoms with E-state index in [0.717, 1.165) is 28.4 Å². The molecule has 19 heavy (non-hydrogen) atoms. The van der Waals surface area contributed by atoms with Gasteiger partial charge in [0.2, 0.25) is 0 Å². The minimum absolute atomic E-state index is 0.0356. The number of benzene rings is 1. The number of rotatable bonds is 6. The van der Waals surface area contributed by atoms with Gasteiger partial charge in [0, 0.05) is 10.2 Å². The molecule has 0 unspecified atom stereocenters. The number of unbranched alkanes of at least 4 members (excludes halogenated alkanes) is 1. The normalized spacial score (nSPS) is 25.1. The Balaban J connectivity index is 2.14. The van der Waals surface area contributed by atoms with E-state index in [1.54, 1.807) is 0 Å². The Morgan fingerprint density at radius 2 is 2.11 bits per heavy atom. The molecule has 0 heterocycles. The average Bonchev–Trinajstić information content (AvgIpc) is 3.14. The number of carbonyl (C=O) groups is 1. The predicted molar refractivity (Wildman–Crippen MR) is 82.1 cm³/mol. The Bertz CT molecular complexity index is 443. The second kappa shape index (κ2) is 6.22. The fourth-order valence-corrected chi connectivity index (χ4v) is 2.73. The standard InChI is InChI=1S/C15H19IO3/c1-3-4-9-19-13-10-15(13,14(17)18-2)11-5-7-12(16)8-6-11/h5-8,13H,3-4,9-10H2,1-2H3/t13-,15+/m1/s1. The lowest BCUT2D eigenvalue weighted by atomic mass is 9.96. The maximum absolute atomic E-state index is 12.1. The minimum atomic E-state index is -0.577. The van der Waals surface area contributed by atoms with Crippen LogP contribution in [0.4, 0.5) is 0 Å². The van der Waals surface area contributed by atoms with Crippen molar-refractivity contribution in [3.05, 3.63) is 33.4 Å². The maximum atomic E-state index is 12.1. The largest absolute Gasteiger partial charge is 0.468 e. The van der Waals surface area contributed by atoms with Gasteiger partial charge in [-0.3, -0.25) is 4.79 Å². The first-order valence-corrected chi connectivity index (χ1v) is 7.69. The van der Waals surface area contributed by atoms with Crippen LogP contribution in [0, 0.1) is 3.57 Å². The third-order valence-corrected chi connectivity index (χ3v) is 4.34. The zero-order valence-electron chi connectivity index (χ0n) is 11.3. The van der Waals surface area contributed by atoms with Crippen LogP contribution < -0.4 is 0 Å². The Labute approximate surface area is 127 Å². The van der Waals surface area contributed by atoms with Crippen molar-refractivity contribution in [2.75, 3.05) is 13.7 Å². The molecule has 0 amide bonds. The first kappa shape index (κ1) is 14.8. The smallest absolute Gasteiger partial charge is 0.319 e. The van der Waals surface area contributed by atoms with Crippen LogP contribution in [0.1, 0.15) is 31.7 Å². The average molecular weight is 374 g/mol. The molecule has 0 spiro atoms. The van der Waals surface area contributed by atoms with Gasteiger partial charge in [-0.05, 0) is 53.1 Å². The van der Waals surface area contributed by atoms with Gasteiger partial charge in [0.15, 0.2) is 0 Å². The van der Waals surface area contributed by atoms with Crippen LogP contribution in [-0.4, -0.2) is 25.8 Å². The number of halogens is 1. The summed E-state index contributed by atoms with van der Waals surface area (Å²) < 4.78 is 11.9. The predicted octanol–water partition coefficient (Wildman–Crippen LogP) is 3.29. The van der Waals surface area contributed by atoms with Crippen molar-refractivity contribution < 1.29 is 14.3 Å². The number of hydrogen-bond donors (Lipinski definition) is 0. The zero-order valence-corrected chi connectivity index (χ0v) is 13.5. The number of hydrogen-bond acceptors (Lipinski definition) is 3. The van der Waals surface area contributed by atoms with Gasteiger partial charge in [0.25, 0.3) is 0 Å². The molecule has 0 aliphatic heterocycles. The molecular weight excluding hydrogens is 355 g/mol. The van der Waals surface area contributed by atoms with Crippen LogP contribution >= 0.6 is 22.6 Å². The summed E-state index contributed by atoms with van der Waals surface area (Å²) in [5.41, 5.74) is 0.425. The third kappa shape index (κ3) is 2.94. The van der Waals surface area contributed by atoms with Gasteiger partial charge in [-0.15, -0.1) is 0 Å². The monoisotopic (exact) mass is 374 g/mol. The molecule has 1 aliphatic carbocycles. The fraction of sp³-hybridized carbons (Fsp3) is 0.533. The van der Waals surface area contributed by atoms with Crippen molar-refractivity contribution in [3.8, 4) is 0 Å². The molecule has 1 aliphatic rings. The van der Waals surface area contributed by atoms with E-state index in [2.05, 4.69) is 29.5 Å². The number of carbonyl (C=O) groups excluding carboxylic acids is 1. The lowest BCUT2D eigenvalue weighted by molar-refractivity contribution is -0.145. The fourth-order valence-electron chi connectivity index (χ4n) is 2.37. The van der Waals surface area contributed by atoms with Crippen molar-refractivity contribution >= 4 is 28.6 Å². The molecule has 0 aromatic heterocycles. The van der Waals surface area contributed by atoms with E-state index in [-0.39, 0.29) is 12.1 Å². The lowest BCUT2D eigenvalue weighted by Crippen LogP contribution is -2.27. The summed E-state index contributed by atoms with van der Waals surface area (Å²) in [5.74, 6) is -0.185. The van der Waals surface area contributed by atoms with Crippen LogP contribution in [-0.2, 0) is 19.7 Å². The van der Waals surface area contributed by atoms with Crippen LogP contribution in [0.15, 0.2) is 24.3 Å². The molecule has 1 aromatic rings. The molecular formula is C15H19IO3. The van der Waals surface area contributed by atoms with E-state index in [1.807, 2.05) is 24.3 Å². The molecule has 0 saturated heterocycles. The van der Waals surface area contributed by atoms with E-state index < -0.39 is 5.41 Å². The van der Waals surface area contributed by atoms with Crippen molar-refractivity contribution in [2.24, 2.45) is 0 Å². The minimum Gasteiger partial charge on any atom is -0.468 e. The first-order chi connectivity index (χ1) is 9.15. The molecule has 4 heteroatoms. The van der Waals surface area contributed by atoms with E-state index in [9.17, 15) is 4.79 Å². The van der Waals surface area contributed by atoms with E-state index in [1.165, 1.54) is 7.11 Å². The molecule has 104 valence electrons. The van der Waals surface area contributed by atoms with Gasteiger partial charge in [-0.1, -0.05) is 25.5 Å². The molecule has 0 bridgehead atoms. The van der Waals surface area contributed by atoms with Crippen molar-refractivity contribution in [1.29, 1.82) is 0 Å². The van der Waals surface area contributed by atoms with E-state index >= 15 is 0 Å². The van der Waals surface area contributed by atoms with Crippen LogP contribution in [0.3, 0.4) is 0 Å². The lowest BCUT2D eigenvalue weighted by Gasteiger charge is -2.15. The van der Waals surface area contributed by atoms with E-state index in [4.69, 9.17) is 9.47 Å². The zero-order chi connectivity index (χ0) is 13.9. The highest BCUT2D eigenvalue weighted by molar-refractivity contribution is 14.1. The third-order valence-electron chi connectivity index (χ3n) is 3.62. The Hall–Kier alpha value is -0.620. The summed E-state index contributed by atoms with van der Waals surface area (Å²) in [6, 6.07) is 8.04. The van der Waals surface area contributed by atoms with Gasteiger partial charge in [0.05, 0.1) is 13.2 Å². The number of ether oxygens (including phenoxy) is 2.